The molecule has 1 aliphatic rings. The van der Waals surface area contributed by atoms with Gasteiger partial charge in [0.25, 0.3) is 0 Å². The van der Waals surface area contributed by atoms with E-state index in [4.69, 9.17) is 4.74 Å². The van der Waals surface area contributed by atoms with E-state index < -0.39 is 0 Å². The molecule has 0 heterocycles. The van der Waals surface area contributed by atoms with Gasteiger partial charge in [0.2, 0.25) is 0 Å². The molecule has 1 aliphatic carbocycles. The fourth-order valence-corrected chi connectivity index (χ4v) is 2.88. The van der Waals surface area contributed by atoms with Crippen molar-refractivity contribution < 1.29 is 4.74 Å². The SMILES string of the molecule is CCC1CCC(Oc2ccc(C(C)(C)C)cc2)CC1. The van der Waals surface area contributed by atoms with Crippen molar-refractivity contribution in [3.8, 4) is 5.75 Å². The number of hydrogen-bond donors (Lipinski definition) is 0. The highest BCUT2D eigenvalue weighted by atomic mass is 16.5. The third kappa shape index (κ3) is 3.99. The van der Waals surface area contributed by atoms with Gasteiger partial charge >= 0.3 is 0 Å². The zero-order chi connectivity index (χ0) is 13.9. The Morgan fingerprint density at radius 3 is 2.05 bits per heavy atom. The zero-order valence-electron chi connectivity index (χ0n) is 12.9. The molecule has 0 unspecified atom stereocenters. The van der Waals surface area contributed by atoms with Crippen molar-refractivity contribution in [2.75, 3.05) is 0 Å². The summed E-state index contributed by atoms with van der Waals surface area (Å²) in [6, 6.07) is 8.67. The molecule has 1 fully saturated rings. The van der Waals surface area contributed by atoms with Gasteiger partial charge in [0.15, 0.2) is 0 Å². The molecule has 1 saturated carbocycles. The summed E-state index contributed by atoms with van der Waals surface area (Å²) in [6.45, 7) is 9.04. The maximum Gasteiger partial charge on any atom is 0.119 e. The Hall–Kier alpha value is -0.980. The first-order valence-electron chi connectivity index (χ1n) is 7.76. The second-order valence-electron chi connectivity index (χ2n) is 6.94. The average Bonchev–Trinajstić information content (AvgIpc) is 2.39. The van der Waals surface area contributed by atoms with Crippen LogP contribution in [0.25, 0.3) is 0 Å². The van der Waals surface area contributed by atoms with Crippen LogP contribution in [0.1, 0.15) is 65.4 Å². The highest BCUT2D eigenvalue weighted by Gasteiger charge is 2.21. The lowest BCUT2D eigenvalue weighted by Crippen LogP contribution is -2.23. The third-order valence-corrected chi connectivity index (χ3v) is 4.39. The van der Waals surface area contributed by atoms with Gasteiger partial charge in [0.1, 0.15) is 5.75 Å². The van der Waals surface area contributed by atoms with Crippen LogP contribution in [0.2, 0.25) is 0 Å². The summed E-state index contributed by atoms with van der Waals surface area (Å²) in [6.07, 6.45) is 6.87. The minimum Gasteiger partial charge on any atom is -0.490 e. The Morgan fingerprint density at radius 2 is 1.58 bits per heavy atom. The van der Waals surface area contributed by atoms with Crippen molar-refractivity contribution in [2.24, 2.45) is 5.92 Å². The Morgan fingerprint density at radius 1 is 1.00 bits per heavy atom. The molecule has 1 aromatic carbocycles. The first-order valence-corrected chi connectivity index (χ1v) is 7.76. The van der Waals surface area contributed by atoms with Crippen LogP contribution < -0.4 is 4.74 Å². The molecule has 0 aliphatic heterocycles. The standard InChI is InChI=1S/C18H28O/c1-5-14-6-10-16(11-7-14)19-17-12-8-15(9-13-17)18(2,3)4/h8-9,12-14,16H,5-7,10-11H2,1-4H3. The van der Waals surface area contributed by atoms with Crippen molar-refractivity contribution in [2.45, 2.75) is 71.3 Å². The van der Waals surface area contributed by atoms with E-state index in [9.17, 15) is 0 Å². The Labute approximate surface area is 118 Å². The Kier molecular flexibility index (Phi) is 4.54. The van der Waals surface area contributed by atoms with Crippen molar-refractivity contribution >= 4 is 0 Å². The van der Waals surface area contributed by atoms with E-state index in [-0.39, 0.29) is 5.41 Å². The molecule has 0 atom stereocenters. The van der Waals surface area contributed by atoms with Gasteiger partial charge in [0.05, 0.1) is 6.10 Å². The predicted molar refractivity (Wildman–Crippen MR) is 81.8 cm³/mol. The van der Waals surface area contributed by atoms with Crippen molar-refractivity contribution in [3.63, 3.8) is 0 Å². The predicted octanol–water partition coefficient (Wildman–Crippen LogP) is 5.33. The lowest BCUT2D eigenvalue weighted by atomic mass is 9.85. The van der Waals surface area contributed by atoms with Crippen LogP contribution in [0.4, 0.5) is 0 Å². The first kappa shape index (κ1) is 14.4. The van der Waals surface area contributed by atoms with Gasteiger partial charge < -0.3 is 4.74 Å². The first-order chi connectivity index (χ1) is 8.99. The van der Waals surface area contributed by atoms with Crippen LogP contribution in [0.3, 0.4) is 0 Å². The third-order valence-electron chi connectivity index (χ3n) is 4.39. The number of ether oxygens (including phenoxy) is 1. The van der Waals surface area contributed by atoms with E-state index >= 15 is 0 Å². The van der Waals surface area contributed by atoms with E-state index in [0.29, 0.717) is 6.10 Å². The summed E-state index contributed by atoms with van der Waals surface area (Å²) in [7, 11) is 0. The van der Waals surface area contributed by atoms with Crippen LogP contribution in [0.5, 0.6) is 5.75 Å². The summed E-state index contributed by atoms with van der Waals surface area (Å²) in [5, 5.41) is 0. The fraction of sp³-hybridized carbons (Fsp3) is 0.667. The Balaban J connectivity index is 1.90. The van der Waals surface area contributed by atoms with Gasteiger partial charge in [-0.15, -0.1) is 0 Å². The van der Waals surface area contributed by atoms with Gasteiger partial charge in [-0.05, 0) is 54.7 Å². The molecule has 1 aromatic rings. The smallest absolute Gasteiger partial charge is 0.119 e. The summed E-state index contributed by atoms with van der Waals surface area (Å²) >= 11 is 0. The average molecular weight is 260 g/mol. The second-order valence-corrected chi connectivity index (χ2v) is 6.94. The van der Waals surface area contributed by atoms with Crippen LogP contribution in [-0.2, 0) is 5.41 Å². The second kappa shape index (κ2) is 5.98. The maximum absolute atomic E-state index is 6.12. The normalized spacial score (nSPS) is 24.2. The summed E-state index contributed by atoms with van der Waals surface area (Å²) < 4.78 is 6.12. The summed E-state index contributed by atoms with van der Waals surface area (Å²) in [5.41, 5.74) is 1.59. The topological polar surface area (TPSA) is 9.23 Å². The van der Waals surface area contributed by atoms with Crippen molar-refractivity contribution in [3.05, 3.63) is 29.8 Å². The lowest BCUT2D eigenvalue weighted by Gasteiger charge is -2.28. The molecule has 0 amide bonds. The quantitative estimate of drug-likeness (QED) is 0.713. The molecule has 1 nitrogen and oxygen atoms in total. The molecule has 0 N–H and O–H groups in total. The molecular formula is C18H28O. The number of hydrogen-bond acceptors (Lipinski definition) is 1. The maximum atomic E-state index is 6.12. The van der Waals surface area contributed by atoms with Crippen molar-refractivity contribution in [1.29, 1.82) is 0 Å². The summed E-state index contributed by atoms with van der Waals surface area (Å²) in [5.74, 6) is 1.97. The minimum absolute atomic E-state index is 0.220. The van der Waals surface area contributed by atoms with E-state index in [1.807, 2.05) is 0 Å². The molecule has 106 valence electrons. The molecule has 2 rings (SSSR count). The van der Waals surface area contributed by atoms with Gasteiger partial charge in [-0.25, -0.2) is 0 Å². The molecule has 0 spiro atoms. The summed E-state index contributed by atoms with van der Waals surface area (Å²) in [4.78, 5) is 0. The van der Waals surface area contributed by atoms with Crippen LogP contribution in [0, 0.1) is 5.92 Å². The number of rotatable bonds is 3. The molecule has 19 heavy (non-hydrogen) atoms. The van der Waals surface area contributed by atoms with Gasteiger partial charge in [-0.2, -0.15) is 0 Å². The lowest BCUT2D eigenvalue weighted by molar-refractivity contribution is 0.130. The van der Waals surface area contributed by atoms with Gasteiger partial charge in [-0.1, -0.05) is 46.2 Å². The molecule has 0 bridgehead atoms. The van der Waals surface area contributed by atoms with Crippen LogP contribution >= 0.6 is 0 Å². The molecule has 0 aromatic heterocycles. The van der Waals surface area contributed by atoms with E-state index in [1.165, 1.54) is 37.7 Å². The van der Waals surface area contributed by atoms with Gasteiger partial charge in [-0.3, -0.25) is 0 Å². The van der Waals surface area contributed by atoms with Crippen LogP contribution in [0.15, 0.2) is 24.3 Å². The zero-order valence-corrected chi connectivity index (χ0v) is 12.9. The molecule has 0 saturated heterocycles. The van der Waals surface area contributed by atoms with Gasteiger partial charge in [0, 0.05) is 0 Å². The largest absolute Gasteiger partial charge is 0.490 e. The molecule has 1 heteroatoms. The fourth-order valence-electron chi connectivity index (χ4n) is 2.88. The van der Waals surface area contributed by atoms with Crippen molar-refractivity contribution in [1.82, 2.24) is 0 Å². The van der Waals surface area contributed by atoms with E-state index in [2.05, 4.69) is 52.0 Å². The highest BCUT2D eigenvalue weighted by molar-refractivity contribution is 5.31. The van der Waals surface area contributed by atoms with E-state index in [1.54, 1.807) is 0 Å². The molecular weight excluding hydrogens is 232 g/mol. The Bertz CT molecular complexity index is 377. The van der Waals surface area contributed by atoms with Crippen LogP contribution in [-0.4, -0.2) is 6.10 Å². The highest BCUT2D eigenvalue weighted by Crippen LogP contribution is 2.30. The monoisotopic (exact) mass is 260 g/mol. The molecule has 0 radical (unpaired) electrons. The van der Waals surface area contributed by atoms with E-state index in [0.717, 1.165) is 11.7 Å². The number of benzene rings is 1. The minimum atomic E-state index is 0.220.